The van der Waals surface area contributed by atoms with Crippen LogP contribution in [-0.4, -0.2) is 52.0 Å². The lowest BCUT2D eigenvalue weighted by atomic mass is 9.90. The summed E-state index contributed by atoms with van der Waals surface area (Å²) in [5, 5.41) is 18.6. The number of carboxylic acid groups (broad SMARTS) is 1. The van der Waals surface area contributed by atoms with Crippen LogP contribution in [-0.2, 0) is 9.53 Å². The van der Waals surface area contributed by atoms with Crippen molar-refractivity contribution in [3.05, 3.63) is 0 Å². The number of hydrogen-bond donors (Lipinski definition) is 2. The number of aliphatic hydroxyl groups is 1. The average Bonchev–Trinajstić information content (AvgIpc) is 2.24. The number of amides is 1. The van der Waals surface area contributed by atoms with Gasteiger partial charge in [0.15, 0.2) is 0 Å². The van der Waals surface area contributed by atoms with E-state index in [0.29, 0.717) is 19.4 Å². The molecule has 0 radical (unpaired) electrons. The van der Waals surface area contributed by atoms with Crippen LogP contribution in [0.2, 0.25) is 0 Å². The Kier molecular flexibility index (Phi) is 5.17. The van der Waals surface area contributed by atoms with E-state index in [1.165, 1.54) is 4.90 Å². The predicted molar refractivity (Wildman–Crippen MR) is 68.8 cm³/mol. The second kappa shape index (κ2) is 6.23. The normalized spacial score (nSPS) is 24.1. The predicted octanol–water partition coefficient (Wildman–Crippen LogP) is 1.47. The van der Waals surface area contributed by atoms with Crippen LogP contribution in [0.15, 0.2) is 0 Å². The van der Waals surface area contributed by atoms with Gasteiger partial charge in [0.2, 0.25) is 0 Å². The average molecular weight is 273 g/mol. The first-order valence-electron chi connectivity index (χ1n) is 6.57. The Bertz CT molecular complexity index is 336. The zero-order valence-corrected chi connectivity index (χ0v) is 11.8. The second-order valence-corrected chi connectivity index (χ2v) is 5.97. The van der Waals surface area contributed by atoms with Crippen molar-refractivity contribution in [3.8, 4) is 0 Å². The van der Waals surface area contributed by atoms with Crippen molar-refractivity contribution in [3.63, 3.8) is 0 Å². The lowest BCUT2D eigenvalue weighted by Gasteiger charge is -2.36. The van der Waals surface area contributed by atoms with Gasteiger partial charge in [0, 0.05) is 13.0 Å². The number of β-amino-alcohol motifs (C(OH)–C–C–N with tert-alkyl or cyclic N) is 1. The van der Waals surface area contributed by atoms with Crippen LogP contribution in [0.4, 0.5) is 4.79 Å². The zero-order chi connectivity index (χ0) is 14.6. The molecule has 1 saturated heterocycles. The van der Waals surface area contributed by atoms with Gasteiger partial charge in [0.25, 0.3) is 0 Å². The summed E-state index contributed by atoms with van der Waals surface area (Å²) in [6, 6.07) is 0. The fraction of sp³-hybridized carbons (Fsp3) is 0.846. The molecular weight excluding hydrogens is 250 g/mol. The number of rotatable bonds is 3. The Labute approximate surface area is 113 Å². The maximum atomic E-state index is 11.8. The first-order chi connectivity index (χ1) is 8.69. The fourth-order valence-electron chi connectivity index (χ4n) is 2.12. The van der Waals surface area contributed by atoms with Gasteiger partial charge in [-0.15, -0.1) is 0 Å². The van der Waals surface area contributed by atoms with E-state index < -0.39 is 23.8 Å². The number of likely N-dealkylation sites (tertiary alicyclic amines) is 1. The van der Waals surface area contributed by atoms with Gasteiger partial charge in [-0.3, -0.25) is 4.79 Å². The Morgan fingerprint density at radius 1 is 1.37 bits per heavy atom. The third-order valence-electron chi connectivity index (χ3n) is 3.10. The molecule has 19 heavy (non-hydrogen) atoms. The van der Waals surface area contributed by atoms with Crippen molar-refractivity contribution in [2.24, 2.45) is 5.92 Å². The molecule has 0 spiro atoms. The van der Waals surface area contributed by atoms with Crippen molar-refractivity contribution in [2.75, 3.05) is 13.1 Å². The topological polar surface area (TPSA) is 87.1 Å². The molecule has 0 aromatic carbocycles. The number of aliphatic hydroxyl groups excluding tert-OH is 1. The van der Waals surface area contributed by atoms with E-state index in [1.54, 1.807) is 20.8 Å². The van der Waals surface area contributed by atoms with E-state index >= 15 is 0 Å². The van der Waals surface area contributed by atoms with Crippen LogP contribution >= 0.6 is 0 Å². The summed E-state index contributed by atoms with van der Waals surface area (Å²) in [6.45, 7) is 6.08. The molecule has 2 N–H and O–H groups in total. The monoisotopic (exact) mass is 273 g/mol. The summed E-state index contributed by atoms with van der Waals surface area (Å²) in [7, 11) is 0. The first-order valence-corrected chi connectivity index (χ1v) is 6.57. The minimum Gasteiger partial charge on any atom is -0.481 e. The van der Waals surface area contributed by atoms with E-state index in [0.717, 1.165) is 0 Å². The molecule has 1 fully saturated rings. The quantitative estimate of drug-likeness (QED) is 0.813. The number of carboxylic acids is 1. The number of piperidine rings is 1. The van der Waals surface area contributed by atoms with Crippen molar-refractivity contribution in [1.29, 1.82) is 0 Å². The minimum atomic E-state index is -0.859. The number of carbonyl (C=O) groups is 2. The molecule has 2 unspecified atom stereocenters. The van der Waals surface area contributed by atoms with Crippen LogP contribution in [0.1, 0.15) is 40.0 Å². The number of aliphatic carboxylic acids is 1. The van der Waals surface area contributed by atoms with Gasteiger partial charge in [0.05, 0.1) is 12.6 Å². The van der Waals surface area contributed by atoms with Crippen LogP contribution in [0, 0.1) is 5.92 Å². The van der Waals surface area contributed by atoms with Crippen LogP contribution < -0.4 is 0 Å². The van der Waals surface area contributed by atoms with Gasteiger partial charge in [-0.05, 0) is 39.5 Å². The molecule has 1 aliphatic rings. The smallest absolute Gasteiger partial charge is 0.410 e. The zero-order valence-electron chi connectivity index (χ0n) is 11.8. The van der Waals surface area contributed by atoms with Crippen LogP contribution in [0.3, 0.4) is 0 Å². The summed E-state index contributed by atoms with van der Waals surface area (Å²) in [4.78, 5) is 23.8. The summed E-state index contributed by atoms with van der Waals surface area (Å²) in [6.07, 6.45) is -0.00981. The molecule has 1 rings (SSSR count). The van der Waals surface area contributed by atoms with Gasteiger partial charge in [-0.2, -0.15) is 0 Å². The highest BCUT2D eigenvalue weighted by Gasteiger charge is 2.32. The van der Waals surface area contributed by atoms with E-state index in [-0.39, 0.29) is 18.9 Å². The SMILES string of the molecule is CC(C)(C)OC(=O)N1CCC(CCC(=O)O)C(O)C1. The molecule has 6 heteroatoms. The standard InChI is InChI=1S/C13H23NO5/c1-13(2,3)19-12(18)14-7-6-9(10(15)8-14)4-5-11(16)17/h9-10,15H,4-8H2,1-3H3,(H,16,17). The Morgan fingerprint density at radius 2 is 2.00 bits per heavy atom. The number of ether oxygens (including phenoxy) is 1. The highest BCUT2D eigenvalue weighted by atomic mass is 16.6. The number of hydrogen-bond acceptors (Lipinski definition) is 4. The second-order valence-electron chi connectivity index (χ2n) is 5.97. The molecule has 1 amide bonds. The molecule has 2 atom stereocenters. The van der Waals surface area contributed by atoms with Gasteiger partial charge in [0.1, 0.15) is 5.60 Å². The van der Waals surface area contributed by atoms with Gasteiger partial charge in [-0.1, -0.05) is 0 Å². The highest BCUT2D eigenvalue weighted by Crippen LogP contribution is 2.23. The third-order valence-corrected chi connectivity index (χ3v) is 3.10. The molecule has 6 nitrogen and oxygen atoms in total. The summed E-state index contributed by atoms with van der Waals surface area (Å²) in [5.74, 6) is -0.920. The van der Waals surface area contributed by atoms with Crippen LogP contribution in [0.5, 0.6) is 0 Å². The van der Waals surface area contributed by atoms with E-state index in [9.17, 15) is 14.7 Å². The molecule has 0 aromatic heterocycles. The third kappa shape index (κ3) is 5.46. The Balaban J connectivity index is 2.44. The first kappa shape index (κ1) is 15.8. The number of nitrogens with zero attached hydrogens (tertiary/aromatic N) is 1. The lowest BCUT2D eigenvalue weighted by Crippen LogP contribution is -2.48. The number of carbonyl (C=O) groups excluding carboxylic acids is 1. The van der Waals surface area contributed by atoms with Crippen molar-refractivity contribution >= 4 is 12.1 Å². The molecule has 110 valence electrons. The van der Waals surface area contributed by atoms with E-state index in [2.05, 4.69) is 0 Å². The highest BCUT2D eigenvalue weighted by molar-refractivity contribution is 5.68. The van der Waals surface area contributed by atoms with E-state index in [1.807, 2.05) is 0 Å². The van der Waals surface area contributed by atoms with E-state index in [4.69, 9.17) is 9.84 Å². The van der Waals surface area contributed by atoms with Gasteiger partial charge >= 0.3 is 12.1 Å². The molecule has 0 saturated carbocycles. The van der Waals surface area contributed by atoms with Crippen molar-refractivity contribution in [1.82, 2.24) is 4.90 Å². The van der Waals surface area contributed by atoms with Crippen molar-refractivity contribution < 1.29 is 24.5 Å². The summed E-state index contributed by atoms with van der Waals surface area (Å²) >= 11 is 0. The fourth-order valence-corrected chi connectivity index (χ4v) is 2.12. The lowest BCUT2D eigenvalue weighted by molar-refractivity contribution is -0.137. The Hall–Kier alpha value is -1.30. The largest absolute Gasteiger partial charge is 0.481 e. The van der Waals surface area contributed by atoms with Crippen LogP contribution in [0.25, 0.3) is 0 Å². The summed E-state index contributed by atoms with van der Waals surface area (Å²) in [5.41, 5.74) is -0.553. The maximum absolute atomic E-state index is 11.8. The molecule has 0 aliphatic carbocycles. The molecular formula is C13H23NO5. The summed E-state index contributed by atoms with van der Waals surface area (Å²) < 4.78 is 5.24. The molecule has 0 aromatic rings. The minimum absolute atomic E-state index is 0.0498. The molecule has 1 aliphatic heterocycles. The Morgan fingerprint density at radius 3 is 2.47 bits per heavy atom. The maximum Gasteiger partial charge on any atom is 0.410 e. The molecule has 0 bridgehead atoms. The van der Waals surface area contributed by atoms with Gasteiger partial charge in [-0.25, -0.2) is 4.79 Å². The van der Waals surface area contributed by atoms with Gasteiger partial charge < -0.3 is 19.8 Å². The molecule has 1 heterocycles. The van der Waals surface area contributed by atoms with Crippen molar-refractivity contribution in [2.45, 2.75) is 51.7 Å².